The average molecular weight is 281 g/mol. The molecule has 6 heteroatoms. The summed E-state index contributed by atoms with van der Waals surface area (Å²) in [5, 5.41) is 0. The summed E-state index contributed by atoms with van der Waals surface area (Å²) in [6.45, 7) is 2.48. The molecule has 1 heterocycles. The van der Waals surface area contributed by atoms with Crippen molar-refractivity contribution in [2.24, 2.45) is 5.73 Å². The van der Waals surface area contributed by atoms with E-state index in [0.717, 1.165) is 0 Å². The number of para-hydroxylation sites is 1. The smallest absolute Gasteiger partial charge is 0.253 e. The second-order valence-electron chi connectivity index (χ2n) is 4.72. The molecular formula is C14H20FN3O2. The number of carbonyl (C=O) groups excluding carboxylic acids is 1. The van der Waals surface area contributed by atoms with Crippen LogP contribution in [0.5, 0.6) is 0 Å². The van der Waals surface area contributed by atoms with Crippen molar-refractivity contribution in [2.45, 2.75) is 6.10 Å². The fourth-order valence-corrected chi connectivity index (χ4v) is 2.38. The number of nitrogens with zero attached hydrogens (tertiary/aromatic N) is 2. The molecule has 1 saturated heterocycles. The highest BCUT2D eigenvalue weighted by Gasteiger charge is 2.27. The minimum atomic E-state index is -0.588. The van der Waals surface area contributed by atoms with Crippen molar-refractivity contribution in [1.82, 2.24) is 4.90 Å². The first-order chi connectivity index (χ1) is 9.67. The zero-order chi connectivity index (χ0) is 14.5. The largest absolute Gasteiger partial charge is 0.370 e. The Labute approximate surface area is 118 Å². The fraction of sp³-hybridized carbons (Fsp3) is 0.500. The predicted molar refractivity (Wildman–Crippen MR) is 75.0 cm³/mol. The molecule has 110 valence electrons. The fourth-order valence-electron chi connectivity index (χ4n) is 2.38. The van der Waals surface area contributed by atoms with Gasteiger partial charge in [0.15, 0.2) is 0 Å². The third kappa shape index (κ3) is 3.08. The van der Waals surface area contributed by atoms with E-state index in [1.807, 2.05) is 11.0 Å². The maximum absolute atomic E-state index is 13.7. The Morgan fingerprint density at radius 3 is 2.55 bits per heavy atom. The standard InChI is InChI=1S/C14H20FN3O2/c1-20-13(10-16)14(19)18-8-6-17(7-9-18)12-5-3-2-4-11(12)15/h2-5,13H,6-10,16H2,1H3. The Morgan fingerprint density at radius 2 is 2.00 bits per heavy atom. The third-order valence-corrected chi connectivity index (χ3v) is 3.56. The summed E-state index contributed by atoms with van der Waals surface area (Å²) in [4.78, 5) is 15.8. The average Bonchev–Trinajstić information content (AvgIpc) is 2.49. The molecule has 1 amide bonds. The molecule has 0 bridgehead atoms. The number of benzene rings is 1. The number of carbonyl (C=O) groups is 1. The minimum Gasteiger partial charge on any atom is -0.370 e. The second kappa shape index (κ2) is 6.67. The molecule has 1 unspecified atom stereocenters. The summed E-state index contributed by atoms with van der Waals surface area (Å²) in [5.74, 6) is -0.327. The van der Waals surface area contributed by atoms with Gasteiger partial charge < -0.3 is 20.3 Å². The Hall–Kier alpha value is -1.66. The van der Waals surface area contributed by atoms with Crippen LogP contribution in [0.1, 0.15) is 0 Å². The molecule has 2 rings (SSSR count). The molecule has 0 aliphatic carbocycles. The first kappa shape index (κ1) is 14.7. The first-order valence-corrected chi connectivity index (χ1v) is 6.68. The monoisotopic (exact) mass is 281 g/mol. The van der Waals surface area contributed by atoms with Gasteiger partial charge in [0.1, 0.15) is 11.9 Å². The Bertz CT molecular complexity index is 457. The molecule has 1 aromatic rings. The van der Waals surface area contributed by atoms with E-state index in [0.29, 0.717) is 31.9 Å². The van der Waals surface area contributed by atoms with Gasteiger partial charge in [0.25, 0.3) is 5.91 Å². The van der Waals surface area contributed by atoms with Crippen LogP contribution in [-0.2, 0) is 9.53 Å². The summed E-state index contributed by atoms with van der Waals surface area (Å²) in [6.07, 6.45) is -0.588. The Kier molecular flexibility index (Phi) is 4.92. The van der Waals surface area contributed by atoms with Crippen molar-refractivity contribution >= 4 is 11.6 Å². The van der Waals surface area contributed by atoms with Crippen molar-refractivity contribution in [1.29, 1.82) is 0 Å². The lowest BCUT2D eigenvalue weighted by atomic mass is 10.2. The lowest BCUT2D eigenvalue weighted by Gasteiger charge is -2.37. The lowest BCUT2D eigenvalue weighted by Crippen LogP contribution is -2.53. The van der Waals surface area contributed by atoms with Gasteiger partial charge in [0.2, 0.25) is 0 Å². The van der Waals surface area contributed by atoms with Gasteiger partial charge >= 0.3 is 0 Å². The van der Waals surface area contributed by atoms with Crippen LogP contribution in [0.15, 0.2) is 24.3 Å². The van der Waals surface area contributed by atoms with Crippen LogP contribution < -0.4 is 10.6 Å². The number of halogens is 1. The SMILES string of the molecule is COC(CN)C(=O)N1CCN(c2ccccc2F)CC1. The van der Waals surface area contributed by atoms with Crippen molar-refractivity contribution in [2.75, 3.05) is 44.7 Å². The van der Waals surface area contributed by atoms with E-state index in [1.165, 1.54) is 13.2 Å². The number of anilines is 1. The number of nitrogens with two attached hydrogens (primary N) is 1. The molecule has 0 aromatic heterocycles. The maximum Gasteiger partial charge on any atom is 0.253 e. The van der Waals surface area contributed by atoms with Crippen molar-refractivity contribution in [3.8, 4) is 0 Å². The van der Waals surface area contributed by atoms with Gasteiger partial charge in [-0.25, -0.2) is 4.39 Å². The van der Waals surface area contributed by atoms with Gasteiger partial charge in [0.05, 0.1) is 5.69 Å². The minimum absolute atomic E-state index is 0.0943. The second-order valence-corrected chi connectivity index (χ2v) is 4.72. The van der Waals surface area contributed by atoms with Gasteiger partial charge in [-0.3, -0.25) is 4.79 Å². The topological polar surface area (TPSA) is 58.8 Å². The van der Waals surface area contributed by atoms with Crippen LogP contribution >= 0.6 is 0 Å². The van der Waals surface area contributed by atoms with Crippen LogP contribution in [0.2, 0.25) is 0 Å². The van der Waals surface area contributed by atoms with E-state index in [4.69, 9.17) is 10.5 Å². The zero-order valence-electron chi connectivity index (χ0n) is 11.6. The summed E-state index contributed by atoms with van der Waals surface area (Å²) < 4.78 is 18.8. The molecule has 0 radical (unpaired) electrons. The number of hydrogen-bond acceptors (Lipinski definition) is 4. The van der Waals surface area contributed by atoms with Crippen molar-refractivity contribution in [3.63, 3.8) is 0 Å². The quantitative estimate of drug-likeness (QED) is 0.870. The highest BCUT2D eigenvalue weighted by molar-refractivity contribution is 5.81. The number of ether oxygens (including phenoxy) is 1. The number of hydrogen-bond donors (Lipinski definition) is 1. The molecule has 1 aliphatic rings. The Morgan fingerprint density at radius 1 is 1.35 bits per heavy atom. The number of methoxy groups -OCH3 is 1. The highest BCUT2D eigenvalue weighted by Crippen LogP contribution is 2.20. The van der Waals surface area contributed by atoms with Crippen LogP contribution in [0.25, 0.3) is 0 Å². The summed E-state index contributed by atoms with van der Waals surface area (Å²) >= 11 is 0. The van der Waals surface area contributed by atoms with E-state index in [2.05, 4.69) is 0 Å². The third-order valence-electron chi connectivity index (χ3n) is 3.56. The van der Waals surface area contributed by atoms with E-state index in [9.17, 15) is 9.18 Å². The lowest BCUT2D eigenvalue weighted by molar-refractivity contribution is -0.141. The van der Waals surface area contributed by atoms with Gasteiger partial charge in [-0.15, -0.1) is 0 Å². The van der Waals surface area contributed by atoms with Gasteiger partial charge in [-0.2, -0.15) is 0 Å². The molecular weight excluding hydrogens is 261 g/mol. The first-order valence-electron chi connectivity index (χ1n) is 6.68. The highest BCUT2D eigenvalue weighted by atomic mass is 19.1. The van der Waals surface area contributed by atoms with E-state index in [1.54, 1.807) is 17.0 Å². The molecule has 0 spiro atoms. The maximum atomic E-state index is 13.7. The van der Waals surface area contributed by atoms with Crippen LogP contribution in [0.3, 0.4) is 0 Å². The molecule has 5 nitrogen and oxygen atoms in total. The van der Waals surface area contributed by atoms with Crippen molar-refractivity contribution in [3.05, 3.63) is 30.1 Å². The van der Waals surface area contributed by atoms with E-state index < -0.39 is 6.10 Å². The molecule has 0 saturated carbocycles. The molecule has 1 atom stereocenters. The predicted octanol–water partition coefficient (Wildman–Crippen LogP) is 0.448. The number of amides is 1. The van der Waals surface area contributed by atoms with Crippen LogP contribution in [-0.4, -0.2) is 56.7 Å². The molecule has 1 aromatic carbocycles. The summed E-state index contributed by atoms with van der Waals surface area (Å²) in [6, 6.07) is 6.68. The van der Waals surface area contributed by atoms with E-state index >= 15 is 0 Å². The molecule has 20 heavy (non-hydrogen) atoms. The van der Waals surface area contributed by atoms with Crippen molar-refractivity contribution < 1.29 is 13.9 Å². The normalized spacial score (nSPS) is 17.1. The zero-order valence-corrected chi connectivity index (χ0v) is 11.6. The summed E-state index contributed by atoms with van der Waals surface area (Å²) in [7, 11) is 1.48. The van der Waals surface area contributed by atoms with Crippen LogP contribution in [0, 0.1) is 5.82 Å². The van der Waals surface area contributed by atoms with E-state index in [-0.39, 0.29) is 18.3 Å². The van der Waals surface area contributed by atoms with Crippen LogP contribution in [0.4, 0.5) is 10.1 Å². The molecule has 1 fully saturated rings. The Balaban J connectivity index is 1.96. The summed E-state index contributed by atoms with van der Waals surface area (Å²) in [5.41, 5.74) is 6.08. The molecule has 2 N–H and O–H groups in total. The number of rotatable bonds is 4. The van der Waals surface area contributed by atoms with Gasteiger partial charge in [-0.1, -0.05) is 12.1 Å². The van der Waals surface area contributed by atoms with Gasteiger partial charge in [-0.05, 0) is 12.1 Å². The molecule has 1 aliphatic heterocycles. The van der Waals surface area contributed by atoms with Gasteiger partial charge in [0, 0.05) is 39.8 Å². The number of piperazine rings is 1.